The van der Waals surface area contributed by atoms with E-state index in [1.807, 2.05) is 10.9 Å². The molecule has 0 aliphatic carbocycles. The highest BCUT2D eigenvalue weighted by Crippen LogP contribution is 2.24. The van der Waals surface area contributed by atoms with Gasteiger partial charge in [-0.2, -0.15) is 0 Å². The number of likely N-dealkylation sites (N-methyl/N-ethyl adjacent to an activating group) is 1. The third-order valence-electron chi connectivity index (χ3n) is 4.65. The average molecular weight is 328 g/mol. The van der Waals surface area contributed by atoms with Crippen molar-refractivity contribution in [2.45, 2.75) is 39.0 Å². The highest BCUT2D eigenvalue weighted by atomic mass is 32.1. The predicted octanol–water partition coefficient (Wildman–Crippen LogP) is 3.68. The second kappa shape index (κ2) is 6.89. The van der Waals surface area contributed by atoms with E-state index in [4.69, 9.17) is 12.2 Å². The molecule has 0 radical (unpaired) electrons. The predicted molar refractivity (Wildman–Crippen MR) is 95.8 cm³/mol. The number of piperidine rings is 1. The smallest absolute Gasteiger partial charge is 0.207 e. The molecule has 1 aromatic carbocycles. The molecule has 23 heavy (non-hydrogen) atoms. The summed E-state index contributed by atoms with van der Waals surface area (Å²) in [6.07, 6.45) is 5.17. The molecule has 1 aliphatic heterocycles. The number of likely N-dealkylation sites (tertiary alicyclic amines) is 1. The molecule has 0 N–H and O–H groups in total. The highest BCUT2D eigenvalue weighted by molar-refractivity contribution is 7.71. The molecular weight excluding hydrogens is 304 g/mol. The summed E-state index contributed by atoms with van der Waals surface area (Å²) in [6.45, 7) is 6.45. The zero-order valence-electron chi connectivity index (χ0n) is 14.1. The van der Waals surface area contributed by atoms with Crippen molar-refractivity contribution in [1.82, 2.24) is 19.4 Å². The lowest BCUT2D eigenvalue weighted by Gasteiger charge is -2.28. The van der Waals surface area contributed by atoms with Crippen LogP contribution in [0.1, 0.15) is 42.6 Å². The van der Waals surface area contributed by atoms with Crippen molar-refractivity contribution in [3.05, 3.63) is 46.2 Å². The Kier molecular flexibility index (Phi) is 4.87. The minimum absolute atomic E-state index is 0.396. The first-order valence-corrected chi connectivity index (χ1v) is 8.74. The van der Waals surface area contributed by atoms with Crippen LogP contribution in [0.3, 0.4) is 0 Å². The molecule has 2 heterocycles. The first kappa shape index (κ1) is 16.3. The van der Waals surface area contributed by atoms with Gasteiger partial charge in [-0.25, -0.2) is 9.97 Å². The zero-order chi connectivity index (χ0) is 16.4. The van der Waals surface area contributed by atoms with Crippen LogP contribution in [-0.4, -0.2) is 39.6 Å². The Hall–Kier alpha value is -1.59. The van der Waals surface area contributed by atoms with Crippen LogP contribution < -0.4 is 0 Å². The first-order chi connectivity index (χ1) is 11.1. The summed E-state index contributed by atoms with van der Waals surface area (Å²) in [5.74, 6) is 1.29. The summed E-state index contributed by atoms with van der Waals surface area (Å²) in [4.78, 5) is 11.7. The maximum Gasteiger partial charge on any atom is 0.207 e. The SMILES string of the molecule is CCc1cccc(C)c1-n1cnc(C2CCCN(C)C2)nc1=S. The van der Waals surface area contributed by atoms with Crippen molar-refractivity contribution < 1.29 is 0 Å². The van der Waals surface area contributed by atoms with Gasteiger partial charge in [-0.1, -0.05) is 25.1 Å². The van der Waals surface area contributed by atoms with Crippen LogP contribution in [0.15, 0.2) is 24.5 Å². The van der Waals surface area contributed by atoms with Gasteiger partial charge in [-0.05, 0) is 63.1 Å². The molecule has 0 saturated carbocycles. The van der Waals surface area contributed by atoms with Crippen LogP contribution >= 0.6 is 12.2 Å². The van der Waals surface area contributed by atoms with E-state index in [0.717, 1.165) is 37.4 Å². The van der Waals surface area contributed by atoms with Gasteiger partial charge >= 0.3 is 0 Å². The standard InChI is InChI=1S/C18H24N4S/c1-4-14-8-5-7-13(2)16(14)22-12-19-17(20-18(22)23)15-9-6-10-21(3)11-15/h5,7-8,12,15H,4,6,9-11H2,1-3H3. The molecule has 1 atom stereocenters. The number of para-hydroxylation sites is 1. The van der Waals surface area contributed by atoms with E-state index in [1.165, 1.54) is 17.5 Å². The Morgan fingerprint density at radius 2 is 2.17 bits per heavy atom. The lowest BCUT2D eigenvalue weighted by Crippen LogP contribution is -2.31. The van der Waals surface area contributed by atoms with Crippen molar-refractivity contribution in [1.29, 1.82) is 0 Å². The second-order valence-corrected chi connectivity index (χ2v) is 6.77. The summed E-state index contributed by atoms with van der Waals surface area (Å²) in [7, 11) is 2.16. The molecule has 3 rings (SSSR count). The molecule has 1 aromatic heterocycles. The Balaban J connectivity index is 1.99. The molecule has 0 bridgehead atoms. The quantitative estimate of drug-likeness (QED) is 0.805. The molecule has 4 nitrogen and oxygen atoms in total. The topological polar surface area (TPSA) is 34.0 Å². The van der Waals surface area contributed by atoms with E-state index in [2.05, 4.69) is 54.0 Å². The van der Waals surface area contributed by atoms with Crippen molar-refractivity contribution in [2.24, 2.45) is 0 Å². The van der Waals surface area contributed by atoms with Crippen molar-refractivity contribution >= 4 is 12.2 Å². The van der Waals surface area contributed by atoms with Crippen LogP contribution in [0.2, 0.25) is 0 Å². The number of nitrogens with zero attached hydrogens (tertiary/aromatic N) is 4. The summed E-state index contributed by atoms with van der Waals surface area (Å²) in [5.41, 5.74) is 3.61. The van der Waals surface area contributed by atoms with Gasteiger partial charge in [0, 0.05) is 12.5 Å². The minimum Gasteiger partial charge on any atom is -0.306 e. The third-order valence-corrected chi connectivity index (χ3v) is 4.94. The van der Waals surface area contributed by atoms with Gasteiger partial charge in [0.15, 0.2) is 0 Å². The summed E-state index contributed by atoms with van der Waals surface area (Å²) in [6, 6.07) is 6.35. The fourth-order valence-corrected chi connectivity index (χ4v) is 3.66. The summed E-state index contributed by atoms with van der Waals surface area (Å²) < 4.78 is 2.56. The number of hydrogen-bond acceptors (Lipinski definition) is 4. The molecule has 0 amide bonds. The first-order valence-electron chi connectivity index (χ1n) is 8.33. The van der Waals surface area contributed by atoms with Crippen LogP contribution in [0.25, 0.3) is 5.69 Å². The molecule has 0 spiro atoms. The van der Waals surface area contributed by atoms with E-state index in [9.17, 15) is 0 Å². The van der Waals surface area contributed by atoms with Crippen LogP contribution in [-0.2, 0) is 6.42 Å². The number of aryl methyl sites for hydroxylation is 2. The van der Waals surface area contributed by atoms with Gasteiger partial charge in [0.05, 0.1) is 5.69 Å². The van der Waals surface area contributed by atoms with E-state index < -0.39 is 0 Å². The lowest BCUT2D eigenvalue weighted by molar-refractivity contribution is 0.245. The number of hydrogen-bond donors (Lipinski definition) is 0. The normalized spacial score (nSPS) is 19.0. The molecule has 5 heteroatoms. The van der Waals surface area contributed by atoms with E-state index >= 15 is 0 Å². The molecule has 1 unspecified atom stereocenters. The Labute approximate surface area is 143 Å². The molecule has 1 saturated heterocycles. The average Bonchev–Trinajstić information content (AvgIpc) is 2.55. The number of rotatable bonds is 3. The molecular formula is C18H24N4S. The summed E-state index contributed by atoms with van der Waals surface area (Å²) >= 11 is 5.59. The Bertz CT molecular complexity index is 753. The maximum atomic E-state index is 5.59. The fraction of sp³-hybridized carbons (Fsp3) is 0.500. The van der Waals surface area contributed by atoms with Crippen molar-refractivity contribution in [3.8, 4) is 5.69 Å². The third kappa shape index (κ3) is 3.35. The monoisotopic (exact) mass is 328 g/mol. The number of aromatic nitrogens is 3. The van der Waals surface area contributed by atoms with Gasteiger partial charge in [0.25, 0.3) is 0 Å². The second-order valence-electron chi connectivity index (χ2n) is 6.40. The zero-order valence-corrected chi connectivity index (χ0v) is 14.9. The maximum absolute atomic E-state index is 5.59. The Morgan fingerprint density at radius 1 is 1.35 bits per heavy atom. The summed E-state index contributed by atoms with van der Waals surface area (Å²) in [5, 5.41) is 0. The Morgan fingerprint density at radius 3 is 2.87 bits per heavy atom. The molecule has 2 aromatic rings. The van der Waals surface area contributed by atoms with Gasteiger partial charge in [-0.15, -0.1) is 0 Å². The van der Waals surface area contributed by atoms with Crippen LogP contribution in [0, 0.1) is 11.7 Å². The van der Waals surface area contributed by atoms with Gasteiger partial charge in [0.2, 0.25) is 4.77 Å². The van der Waals surface area contributed by atoms with Crippen molar-refractivity contribution in [3.63, 3.8) is 0 Å². The van der Waals surface area contributed by atoms with E-state index in [0.29, 0.717) is 10.7 Å². The fourth-order valence-electron chi connectivity index (χ4n) is 3.42. The number of benzene rings is 1. The van der Waals surface area contributed by atoms with E-state index in [1.54, 1.807) is 0 Å². The van der Waals surface area contributed by atoms with Gasteiger partial charge in [-0.3, -0.25) is 4.57 Å². The highest BCUT2D eigenvalue weighted by Gasteiger charge is 2.21. The van der Waals surface area contributed by atoms with Gasteiger partial charge < -0.3 is 4.90 Å². The largest absolute Gasteiger partial charge is 0.306 e. The molecule has 122 valence electrons. The molecule has 1 fully saturated rings. The minimum atomic E-state index is 0.396. The molecule has 1 aliphatic rings. The van der Waals surface area contributed by atoms with E-state index in [-0.39, 0.29) is 0 Å². The van der Waals surface area contributed by atoms with Crippen LogP contribution in [0.5, 0.6) is 0 Å². The lowest BCUT2D eigenvalue weighted by atomic mass is 9.98. The van der Waals surface area contributed by atoms with Gasteiger partial charge in [0.1, 0.15) is 12.2 Å². The van der Waals surface area contributed by atoms with Crippen molar-refractivity contribution in [2.75, 3.05) is 20.1 Å². The van der Waals surface area contributed by atoms with Crippen LogP contribution in [0.4, 0.5) is 0 Å².